The van der Waals surface area contributed by atoms with Crippen LogP contribution in [0.3, 0.4) is 0 Å². The van der Waals surface area contributed by atoms with E-state index in [9.17, 15) is 14.0 Å². The molecule has 0 radical (unpaired) electrons. The second-order valence-electron chi connectivity index (χ2n) is 8.84. The van der Waals surface area contributed by atoms with Gasteiger partial charge in [0.25, 0.3) is 0 Å². The fourth-order valence-electron chi connectivity index (χ4n) is 4.27. The third-order valence-corrected chi connectivity index (χ3v) is 6.27. The second kappa shape index (κ2) is 10.1. The van der Waals surface area contributed by atoms with Gasteiger partial charge >= 0.3 is 0 Å². The highest BCUT2D eigenvalue weighted by Gasteiger charge is 2.34. The molecule has 1 aliphatic heterocycles. The van der Waals surface area contributed by atoms with Crippen LogP contribution in [-0.2, 0) is 22.7 Å². The number of rotatable bonds is 8. The van der Waals surface area contributed by atoms with E-state index < -0.39 is 5.92 Å². The minimum absolute atomic E-state index is 0.0468. The van der Waals surface area contributed by atoms with E-state index in [2.05, 4.69) is 25.7 Å². The molecule has 36 heavy (non-hydrogen) atoms. The Labute approximate surface area is 207 Å². The summed E-state index contributed by atoms with van der Waals surface area (Å²) in [6.45, 7) is 3.62. The number of anilines is 2. The first-order chi connectivity index (χ1) is 17.5. The molecule has 3 heterocycles. The quantitative estimate of drug-likeness (QED) is 0.396. The lowest BCUT2D eigenvalue weighted by molar-refractivity contribution is -0.126. The monoisotopic (exact) mass is 487 g/mol. The predicted molar refractivity (Wildman–Crippen MR) is 134 cm³/mol. The highest BCUT2D eigenvalue weighted by molar-refractivity contribution is 6.00. The number of hydrogen-bond donors (Lipinski definition) is 2. The Morgan fingerprint density at radius 1 is 1.11 bits per heavy atom. The molecular formula is C26H26FN7O2. The van der Waals surface area contributed by atoms with Gasteiger partial charge in [-0.2, -0.15) is 5.10 Å². The normalized spacial score (nSPS) is 15.4. The average molecular weight is 488 g/mol. The summed E-state index contributed by atoms with van der Waals surface area (Å²) in [5, 5.41) is 11.3. The molecule has 1 atom stereocenters. The van der Waals surface area contributed by atoms with Crippen molar-refractivity contribution in [2.45, 2.75) is 26.4 Å². The van der Waals surface area contributed by atoms with Gasteiger partial charge in [0.2, 0.25) is 11.8 Å². The first kappa shape index (κ1) is 23.4. The fraction of sp³-hybridized carbons (Fsp3) is 0.269. The molecule has 0 saturated carbocycles. The van der Waals surface area contributed by atoms with Crippen LogP contribution in [0.2, 0.25) is 0 Å². The molecule has 1 fully saturated rings. The van der Waals surface area contributed by atoms with Crippen LogP contribution in [0.4, 0.5) is 15.9 Å². The number of carbonyl (C=O) groups is 2. The fourth-order valence-corrected chi connectivity index (χ4v) is 4.27. The zero-order valence-electron chi connectivity index (χ0n) is 19.8. The van der Waals surface area contributed by atoms with Crippen molar-refractivity contribution in [3.05, 3.63) is 78.0 Å². The molecule has 0 bridgehead atoms. The van der Waals surface area contributed by atoms with Crippen molar-refractivity contribution in [3.8, 4) is 0 Å². The van der Waals surface area contributed by atoms with E-state index in [-0.39, 0.29) is 24.1 Å². The lowest BCUT2D eigenvalue weighted by atomic mass is 10.1. The number of halogens is 1. The van der Waals surface area contributed by atoms with Crippen LogP contribution in [0.15, 0.2) is 61.1 Å². The number of aromatic nitrogens is 4. The molecule has 1 unspecified atom stereocenters. The van der Waals surface area contributed by atoms with Gasteiger partial charge in [0.15, 0.2) is 5.65 Å². The maximum absolute atomic E-state index is 13.1. The summed E-state index contributed by atoms with van der Waals surface area (Å²) in [5.74, 6) is -0.238. The average Bonchev–Trinajstić information content (AvgIpc) is 3.48. The highest BCUT2D eigenvalue weighted by atomic mass is 19.1. The summed E-state index contributed by atoms with van der Waals surface area (Å²) in [5.41, 5.74) is 3.49. The Morgan fingerprint density at radius 3 is 2.67 bits per heavy atom. The minimum atomic E-state index is -0.391. The molecular weight excluding hydrogens is 461 g/mol. The third-order valence-electron chi connectivity index (χ3n) is 6.27. The number of hydrogen-bond acceptors (Lipinski definition) is 6. The molecule has 10 heteroatoms. The molecule has 9 nitrogen and oxygen atoms in total. The summed E-state index contributed by atoms with van der Waals surface area (Å²) < 4.78 is 14.8. The Hall–Kier alpha value is -4.34. The smallest absolute Gasteiger partial charge is 0.227 e. The Morgan fingerprint density at radius 2 is 1.89 bits per heavy atom. The Bertz CT molecular complexity index is 1390. The molecule has 1 aliphatic rings. The van der Waals surface area contributed by atoms with Crippen LogP contribution in [-0.4, -0.2) is 44.7 Å². The van der Waals surface area contributed by atoms with Crippen molar-refractivity contribution in [1.82, 2.24) is 25.1 Å². The van der Waals surface area contributed by atoms with Gasteiger partial charge in [0.1, 0.15) is 18.0 Å². The standard InChI is InChI=1S/C26H26FN7O2/c1-17-2-8-21(9-3-17)33-15-19(12-23(33)35)26(36)28-10-11-34-25-22(14-32-34)24(30-16-31-25)29-13-18-4-6-20(27)7-5-18/h2-9,14,16,19H,10-13,15H2,1H3,(H,28,36)(H,29,30,31). The zero-order chi connectivity index (χ0) is 25.1. The number of benzene rings is 2. The van der Waals surface area contributed by atoms with Crippen LogP contribution in [0.25, 0.3) is 11.0 Å². The number of aryl methyl sites for hydroxylation is 1. The molecule has 2 aromatic heterocycles. The van der Waals surface area contributed by atoms with Crippen LogP contribution < -0.4 is 15.5 Å². The molecule has 5 rings (SSSR count). The zero-order valence-corrected chi connectivity index (χ0v) is 19.8. The van der Waals surface area contributed by atoms with E-state index in [4.69, 9.17) is 0 Å². The number of carbonyl (C=O) groups excluding carboxylic acids is 2. The van der Waals surface area contributed by atoms with Gasteiger partial charge in [-0.25, -0.2) is 19.0 Å². The van der Waals surface area contributed by atoms with Gasteiger partial charge in [-0.1, -0.05) is 29.8 Å². The summed E-state index contributed by atoms with van der Waals surface area (Å²) in [6.07, 6.45) is 3.33. The largest absolute Gasteiger partial charge is 0.365 e. The van der Waals surface area contributed by atoms with Crippen LogP contribution >= 0.6 is 0 Å². The van der Waals surface area contributed by atoms with Crippen molar-refractivity contribution in [1.29, 1.82) is 0 Å². The van der Waals surface area contributed by atoms with E-state index in [1.807, 2.05) is 31.2 Å². The van der Waals surface area contributed by atoms with E-state index in [0.29, 0.717) is 37.6 Å². The van der Waals surface area contributed by atoms with Gasteiger partial charge in [-0.05, 0) is 36.8 Å². The molecule has 184 valence electrons. The molecule has 0 spiro atoms. The van der Waals surface area contributed by atoms with Crippen molar-refractivity contribution < 1.29 is 14.0 Å². The molecule has 0 aliphatic carbocycles. The van der Waals surface area contributed by atoms with Gasteiger partial charge < -0.3 is 15.5 Å². The number of nitrogens with one attached hydrogen (secondary N) is 2. The molecule has 1 saturated heterocycles. The van der Waals surface area contributed by atoms with E-state index in [1.165, 1.54) is 18.5 Å². The van der Waals surface area contributed by atoms with Gasteiger partial charge in [-0.15, -0.1) is 0 Å². The summed E-state index contributed by atoms with van der Waals surface area (Å²) in [6, 6.07) is 14.0. The van der Waals surface area contributed by atoms with Crippen molar-refractivity contribution in [2.75, 3.05) is 23.3 Å². The Kier molecular flexibility index (Phi) is 6.57. The topological polar surface area (TPSA) is 105 Å². The molecule has 2 amide bonds. The van der Waals surface area contributed by atoms with Crippen molar-refractivity contribution in [2.24, 2.45) is 5.92 Å². The summed E-state index contributed by atoms with van der Waals surface area (Å²) in [7, 11) is 0. The lowest BCUT2D eigenvalue weighted by Gasteiger charge is -2.17. The lowest BCUT2D eigenvalue weighted by Crippen LogP contribution is -2.35. The molecule has 2 aromatic carbocycles. The van der Waals surface area contributed by atoms with Crippen LogP contribution in [0.5, 0.6) is 0 Å². The Balaban J connectivity index is 1.16. The van der Waals surface area contributed by atoms with E-state index in [0.717, 1.165) is 22.2 Å². The van der Waals surface area contributed by atoms with Crippen molar-refractivity contribution >= 4 is 34.4 Å². The highest BCUT2D eigenvalue weighted by Crippen LogP contribution is 2.25. The maximum atomic E-state index is 13.1. The minimum Gasteiger partial charge on any atom is -0.365 e. The van der Waals surface area contributed by atoms with Gasteiger partial charge in [-0.3, -0.25) is 9.59 Å². The maximum Gasteiger partial charge on any atom is 0.227 e. The van der Waals surface area contributed by atoms with E-state index in [1.54, 1.807) is 27.9 Å². The SMILES string of the molecule is Cc1ccc(N2CC(C(=O)NCCn3ncc4c(NCc5ccc(F)cc5)ncnc43)CC2=O)cc1. The number of nitrogens with zero attached hydrogens (tertiary/aromatic N) is 5. The van der Waals surface area contributed by atoms with Crippen LogP contribution in [0.1, 0.15) is 17.5 Å². The second-order valence-corrected chi connectivity index (χ2v) is 8.84. The summed E-state index contributed by atoms with van der Waals surface area (Å²) >= 11 is 0. The van der Waals surface area contributed by atoms with E-state index >= 15 is 0 Å². The van der Waals surface area contributed by atoms with Crippen molar-refractivity contribution in [3.63, 3.8) is 0 Å². The first-order valence-corrected chi connectivity index (χ1v) is 11.8. The van der Waals surface area contributed by atoms with Crippen LogP contribution in [0, 0.1) is 18.7 Å². The van der Waals surface area contributed by atoms with Gasteiger partial charge in [0, 0.05) is 31.7 Å². The first-order valence-electron chi connectivity index (χ1n) is 11.8. The summed E-state index contributed by atoms with van der Waals surface area (Å²) in [4.78, 5) is 35.5. The number of fused-ring (bicyclic) bond motifs is 1. The number of amides is 2. The third kappa shape index (κ3) is 5.02. The van der Waals surface area contributed by atoms with Gasteiger partial charge in [0.05, 0.1) is 24.0 Å². The molecule has 4 aromatic rings. The predicted octanol–water partition coefficient (Wildman–Crippen LogP) is 3.06. The molecule has 2 N–H and O–H groups in total.